The van der Waals surface area contributed by atoms with Crippen molar-refractivity contribution in [3.63, 3.8) is 0 Å². The van der Waals surface area contributed by atoms with E-state index in [1.165, 1.54) is 22.6 Å². The Hall–Kier alpha value is -4.95. The number of nitrogens with one attached hydrogen (secondary N) is 2. The molecule has 2 aromatic heterocycles. The largest absolute Gasteiger partial charge is 0.488 e. The molecule has 0 spiro atoms. The summed E-state index contributed by atoms with van der Waals surface area (Å²) in [4.78, 5) is 44.6. The minimum atomic E-state index is -1.08. The van der Waals surface area contributed by atoms with E-state index in [0.29, 0.717) is 110 Å². The molecule has 0 unspecified atom stereocenters. The van der Waals surface area contributed by atoms with Crippen molar-refractivity contribution < 1.29 is 52.3 Å². The van der Waals surface area contributed by atoms with Gasteiger partial charge in [0.2, 0.25) is 5.91 Å². The molecule has 1 fully saturated rings. The summed E-state index contributed by atoms with van der Waals surface area (Å²) in [5, 5.41) is 24.0. The van der Waals surface area contributed by atoms with Crippen LogP contribution in [0.5, 0.6) is 5.75 Å². The number of anilines is 1. The quantitative estimate of drug-likeness (QED) is 0.0793. The van der Waals surface area contributed by atoms with Crippen LogP contribution in [0.1, 0.15) is 67.6 Å². The van der Waals surface area contributed by atoms with E-state index < -0.39 is 17.8 Å². The molecule has 2 aliphatic rings. The number of carboxylic acids is 1. The third kappa shape index (κ3) is 16.4. The molecular weight excluding hydrogens is 796 g/mol. The number of rotatable bonds is 31. The number of carboxylic acid groups (broad SMARTS) is 1. The van der Waals surface area contributed by atoms with Crippen molar-refractivity contribution in [3.05, 3.63) is 64.9 Å². The smallest absolute Gasteiger partial charge is 0.320 e. The van der Waals surface area contributed by atoms with E-state index in [2.05, 4.69) is 27.0 Å². The summed E-state index contributed by atoms with van der Waals surface area (Å²) < 4.78 is 50.1. The van der Waals surface area contributed by atoms with Gasteiger partial charge in [-0.25, -0.2) is 18.9 Å². The second-order valence-corrected chi connectivity index (χ2v) is 14.6. The van der Waals surface area contributed by atoms with Crippen molar-refractivity contribution in [1.29, 1.82) is 0 Å². The van der Waals surface area contributed by atoms with Crippen LogP contribution in [0.2, 0.25) is 0 Å². The minimum absolute atomic E-state index is 0.00846. The van der Waals surface area contributed by atoms with Crippen molar-refractivity contribution in [3.8, 4) is 5.75 Å². The Morgan fingerprint density at radius 2 is 1.67 bits per heavy atom. The molecule has 3 amide bonds. The lowest BCUT2D eigenvalue weighted by Gasteiger charge is -2.27. The molecule has 0 radical (unpaired) electrons. The van der Waals surface area contributed by atoms with Crippen molar-refractivity contribution in [2.24, 2.45) is 0 Å². The van der Waals surface area contributed by atoms with Gasteiger partial charge in [0.15, 0.2) is 11.6 Å². The number of aliphatic carboxylic acids is 1. The topological polar surface area (TPSA) is 201 Å². The van der Waals surface area contributed by atoms with E-state index in [4.69, 9.17) is 33.4 Å². The zero-order valence-corrected chi connectivity index (χ0v) is 35.2. The van der Waals surface area contributed by atoms with Crippen LogP contribution in [0.25, 0.3) is 0 Å². The number of halogens is 1. The lowest BCUT2D eigenvalue weighted by molar-refractivity contribution is -0.138. The van der Waals surface area contributed by atoms with Crippen LogP contribution in [0, 0.1) is 5.82 Å². The number of benzene rings is 1. The number of urea groups is 1. The van der Waals surface area contributed by atoms with Crippen molar-refractivity contribution in [1.82, 2.24) is 35.1 Å². The standard InChI is InChI=1S/C42H61FN8O10/c1-2-5-39(52)44-13-18-56-24-25-60-31-35-30-50(48-47-35)17-19-57-20-21-58-22-23-59-26-27-61-38-11-9-33(28-36(38)43)37(29-40(53)54)51-16-15-49(42(51)55)14-4-7-34-10-8-32-6-3-12-45-41(32)46-34/h8-11,28,30,37H,2-7,12-27,29,31H2,1H3,(H,44,52)(H,45,46)(H,53,54)/t37-/m0/s1. The number of aryl methyl sites for hydroxylation is 2. The molecule has 336 valence electrons. The molecule has 4 heterocycles. The summed E-state index contributed by atoms with van der Waals surface area (Å²) >= 11 is 0. The highest BCUT2D eigenvalue weighted by Crippen LogP contribution is 2.31. The Kier molecular flexibility index (Phi) is 20.4. The van der Waals surface area contributed by atoms with Gasteiger partial charge < -0.3 is 54.0 Å². The number of carbonyl (C=O) groups excluding carboxylic acids is 2. The first-order valence-corrected chi connectivity index (χ1v) is 21.3. The maximum atomic E-state index is 15.2. The van der Waals surface area contributed by atoms with Crippen molar-refractivity contribution in [2.45, 2.75) is 71.1 Å². The molecule has 18 nitrogen and oxygen atoms in total. The maximum Gasteiger partial charge on any atom is 0.320 e. The Balaban J connectivity index is 0.882. The van der Waals surface area contributed by atoms with Crippen LogP contribution in [-0.4, -0.2) is 152 Å². The number of nitrogens with zero attached hydrogens (tertiary/aromatic N) is 6. The highest BCUT2D eigenvalue weighted by atomic mass is 19.1. The third-order valence-corrected chi connectivity index (χ3v) is 9.97. The van der Waals surface area contributed by atoms with E-state index in [-0.39, 0.29) is 37.3 Å². The van der Waals surface area contributed by atoms with Crippen LogP contribution in [0.15, 0.2) is 36.5 Å². The average Bonchev–Trinajstić information content (AvgIpc) is 3.87. The number of ether oxygens (including phenoxy) is 6. The number of pyridine rings is 1. The first-order chi connectivity index (χ1) is 29.8. The zero-order valence-electron chi connectivity index (χ0n) is 35.2. The summed E-state index contributed by atoms with van der Waals surface area (Å²) in [6, 6.07) is 7.37. The number of aromatic nitrogens is 4. The Labute approximate surface area is 356 Å². The first kappa shape index (κ1) is 47.1. The van der Waals surface area contributed by atoms with E-state index >= 15 is 4.39 Å². The normalized spacial score (nSPS) is 14.2. The SMILES string of the molecule is CCCC(=O)NCCOCCOCc1cn(CCOCCOCCOCCOc2ccc([C@H](CC(=O)O)N3CCN(CCCc4ccc5c(n4)NCCC5)C3=O)cc2F)nn1. The molecule has 5 rings (SSSR count). The summed E-state index contributed by atoms with van der Waals surface area (Å²) in [5.74, 6) is -0.745. The predicted molar refractivity (Wildman–Crippen MR) is 221 cm³/mol. The van der Waals surface area contributed by atoms with Gasteiger partial charge in [-0.1, -0.05) is 24.3 Å². The van der Waals surface area contributed by atoms with E-state index in [9.17, 15) is 19.5 Å². The molecule has 1 aromatic carbocycles. The molecule has 0 saturated carbocycles. The molecule has 61 heavy (non-hydrogen) atoms. The third-order valence-electron chi connectivity index (χ3n) is 9.97. The van der Waals surface area contributed by atoms with Crippen LogP contribution in [0.3, 0.4) is 0 Å². The molecule has 19 heteroatoms. The molecule has 2 aliphatic heterocycles. The average molecular weight is 857 g/mol. The van der Waals surface area contributed by atoms with E-state index in [1.807, 2.05) is 13.0 Å². The second kappa shape index (κ2) is 26.4. The predicted octanol–water partition coefficient (Wildman–Crippen LogP) is 3.63. The van der Waals surface area contributed by atoms with Gasteiger partial charge in [-0.2, -0.15) is 0 Å². The Morgan fingerprint density at radius 1 is 0.918 bits per heavy atom. The van der Waals surface area contributed by atoms with E-state index in [1.54, 1.807) is 21.8 Å². The molecule has 1 saturated heterocycles. The van der Waals surface area contributed by atoms with Gasteiger partial charge in [-0.05, 0) is 61.4 Å². The van der Waals surface area contributed by atoms with Gasteiger partial charge in [0.05, 0.1) is 91.3 Å². The molecular formula is C42H61FN8O10. The van der Waals surface area contributed by atoms with Gasteiger partial charge in [0.1, 0.15) is 18.1 Å². The van der Waals surface area contributed by atoms with Crippen molar-refractivity contribution >= 4 is 23.7 Å². The lowest BCUT2D eigenvalue weighted by Crippen LogP contribution is -2.36. The van der Waals surface area contributed by atoms with Gasteiger partial charge in [-0.15, -0.1) is 5.10 Å². The molecule has 0 aliphatic carbocycles. The summed E-state index contributed by atoms with van der Waals surface area (Å²) in [5.41, 5.74) is 3.29. The summed E-state index contributed by atoms with van der Waals surface area (Å²) in [6.07, 6.45) is 6.35. The Morgan fingerprint density at radius 3 is 2.44 bits per heavy atom. The van der Waals surface area contributed by atoms with Crippen LogP contribution < -0.4 is 15.4 Å². The highest BCUT2D eigenvalue weighted by Gasteiger charge is 2.35. The number of amides is 3. The number of hydrogen-bond acceptors (Lipinski definition) is 13. The Bertz CT molecular complexity index is 1800. The second-order valence-electron chi connectivity index (χ2n) is 14.6. The molecule has 0 bridgehead atoms. The van der Waals surface area contributed by atoms with E-state index in [0.717, 1.165) is 50.2 Å². The fourth-order valence-corrected chi connectivity index (χ4v) is 6.87. The maximum absolute atomic E-state index is 15.2. The van der Waals surface area contributed by atoms with Gasteiger partial charge in [-0.3, -0.25) is 9.59 Å². The van der Waals surface area contributed by atoms with Crippen LogP contribution in [-0.2, 0) is 59.3 Å². The zero-order chi connectivity index (χ0) is 43.1. The molecule has 3 N–H and O–H groups in total. The van der Waals surface area contributed by atoms with Crippen LogP contribution in [0.4, 0.5) is 15.0 Å². The van der Waals surface area contributed by atoms with Gasteiger partial charge in [0, 0.05) is 44.8 Å². The lowest BCUT2D eigenvalue weighted by atomic mass is 10.0. The van der Waals surface area contributed by atoms with Gasteiger partial charge >= 0.3 is 12.0 Å². The fraction of sp³-hybridized carbons (Fsp3) is 0.619. The molecule has 3 aromatic rings. The fourth-order valence-electron chi connectivity index (χ4n) is 6.87. The van der Waals surface area contributed by atoms with Crippen molar-refractivity contribution in [2.75, 3.05) is 104 Å². The number of hydrogen-bond donors (Lipinski definition) is 3. The van der Waals surface area contributed by atoms with Crippen LogP contribution >= 0.6 is 0 Å². The highest BCUT2D eigenvalue weighted by molar-refractivity contribution is 5.78. The summed E-state index contributed by atoms with van der Waals surface area (Å²) in [7, 11) is 0. The first-order valence-electron chi connectivity index (χ1n) is 21.3. The summed E-state index contributed by atoms with van der Waals surface area (Å²) in [6.45, 7) is 8.98. The monoisotopic (exact) mass is 856 g/mol. The molecule has 1 atom stereocenters. The number of fused-ring (bicyclic) bond motifs is 1. The minimum Gasteiger partial charge on any atom is -0.488 e. The number of carbonyl (C=O) groups is 3. The van der Waals surface area contributed by atoms with Gasteiger partial charge in [0.25, 0.3) is 0 Å².